The summed E-state index contributed by atoms with van der Waals surface area (Å²) in [6.45, 7) is 3.27. The topological polar surface area (TPSA) is 23.5 Å². The Bertz CT molecular complexity index is 337. The number of nitrogens with zero attached hydrogens (tertiary/aromatic N) is 1. The summed E-state index contributed by atoms with van der Waals surface area (Å²) in [5, 5.41) is 9.40. The van der Waals surface area contributed by atoms with E-state index in [-0.39, 0.29) is 12.1 Å². The number of aliphatic hydroxyl groups excluding tert-OH is 1. The highest BCUT2D eigenvalue weighted by Gasteiger charge is 2.33. The normalized spacial score (nSPS) is 27.4. The first-order valence-electron chi connectivity index (χ1n) is 5.04. The van der Waals surface area contributed by atoms with Crippen molar-refractivity contribution in [1.82, 2.24) is 4.90 Å². The minimum Gasteiger partial charge on any atom is -0.394 e. The predicted octanol–water partition coefficient (Wildman–Crippen LogP) is 1.43. The van der Waals surface area contributed by atoms with Crippen LogP contribution in [0.2, 0.25) is 0 Å². The van der Waals surface area contributed by atoms with Crippen LogP contribution in [0.15, 0.2) is 24.3 Å². The summed E-state index contributed by atoms with van der Waals surface area (Å²) in [5.74, 6) is 0. The smallest absolute Gasteiger partial charge is 0.0616 e. The van der Waals surface area contributed by atoms with Gasteiger partial charge in [0.2, 0.25) is 0 Å². The quantitative estimate of drug-likeness (QED) is 0.726. The molecule has 1 N–H and O–H groups in total. The van der Waals surface area contributed by atoms with Gasteiger partial charge in [-0.25, -0.2) is 0 Å². The van der Waals surface area contributed by atoms with Crippen molar-refractivity contribution in [2.75, 3.05) is 13.7 Å². The zero-order chi connectivity index (χ0) is 10.2. The molecule has 1 aliphatic heterocycles. The third-order valence-electron chi connectivity index (χ3n) is 3.36. The Balaban J connectivity index is 2.36. The molecule has 0 aromatic heterocycles. The number of hydrogen-bond donors (Lipinski definition) is 1. The van der Waals surface area contributed by atoms with E-state index in [9.17, 15) is 5.11 Å². The van der Waals surface area contributed by atoms with Crippen LogP contribution in [-0.2, 0) is 13.0 Å². The number of aliphatic hydroxyl groups is 1. The van der Waals surface area contributed by atoms with Gasteiger partial charge in [0, 0.05) is 12.1 Å². The van der Waals surface area contributed by atoms with Gasteiger partial charge in [0.05, 0.1) is 6.61 Å². The van der Waals surface area contributed by atoms with Gasteiger partial charge in [0.25, 0.3) is 0 Å². The molecular formula is C12H17NO. The van der Waals surface area contributed by atoms with Gasteiger partial charge in [0.1, 0.15) is 0 Å². The zero-order valence-corrected chi connectivity index (χ0v) is 8.83. The third-order valence-corrected chi connectivity index (χ3v) is 3.36. The Hall–Kier alpha value is -0.860. The van der Waals surface area contributed by atoms with Gasteiger partial charge >= 0.3 is 0 Å². The van der Waals surface area contributed by atoms with Gasteiger partial charge in [-0.05, 0) is 31.5 Å². The van der Waals surface area contributed by atoms with Crippen molar-refractivity contribution < 1.29 is 5.11 Å². The van der Waals surface area contributed by atoms with Gasteiger partial charge in [-0.15, -0.1) is 0 Å². The van der Waals surface area contributed by atoms with Crippen molar-refractivity contribution >= 4 is 0 Å². The molecule has 0 aliphatic carbocycles. The number of rotatable bonds is 1. The third kappa shape index (κ3) is 1.45. The lowest BCUT2D eigenvalue weighted by Gasteiger charge is -2.42. The molecular weight excluding hydrogens is 174 g/mol. The Morgan fingerprint density at radius 2 is 2.00 bits per heavy atom. The molecule has 76 valence electrons. The highest BCUT2D eigenvalue weighted by atomic mass is 16.3. The summed E-state index contributed by atoms with van der Waals surface area (Å²) in [6.07, 6.45) is 0.941. The van der Waals surface area contributed by atoms with Crippen molar-refractivity contribution in [1.29, 1.82) is 0 Å². The molecule has 0 saturated carbocycles. The second kappa shape index (κ2) is 3.37. The maximum absolute atomic E-state index is 9.40. The summed E-state index contributed by atoms with van der Waals surface area (Å²) in [7, 11) is 2.08. The molecule has 0 fully saturated rings. The predicted molar refractivity (Wildman–Crippen MR) is 57.1 cm³/mol. The van der Waals surface area contributed by atoms with Crippen LogP contribution in [0.1, 0.15) is 18.1 Å². The van der Waals surface area contributed by atoms with Crippen molar-refractivity contribution in [3.05, 3.63) is 35.4 Å². The van der Waals surface area contributed by atoms with E-state index in [2.05, 4.69) is 43.1 Å². The van der Waals surface area contributed by atoms with Crippen LogP contribution in [0, 0.1) is 0 Å². The fourth-order valence-electron chi connectivity index (χ4n) is 2.05. The maximum Gasteiger partial charge on any atom is 0.0616 e. The van der Waals surface area contributed by atoms with Gasteiger partial charge in [-0.2, -0.15) is 0 Å². The highest BCUT2D eigenvalue weighted by Crippen LogP contribution is 2.28. The Kier molecular flexibility index (Phi) is 2.33. The first kappa shape index (κ1) is 9.69. The van der Waals surface area contributed by atoms with Gasteiger partial charge < -0.3 is 5.11 Å². The summed E-state index contributed by atoms with van der Waals surface area (Å²) in [4.78, 5) is 2.23. The lowest BCUT2D eigenvalue weighted by Crippen LogP contribution is -2.51. The SMILES string of the molecule is CN1Cc2ccccc2C[C@@]1(C)CO. The molecule has 0 radical (unpaired) electrons. The van der Waals surface area contributed by atoms with Gasteiger partial charge in [0.15, 0.2) is 0 Å². The van der Waals surface area contributed by atoms with E-state index >= 15 is 0 Å². The van der Waals surface area contributed by atoms with Crippen molar-refractivity contribution in [2.45, 2.75) is 25.4 Å². The summed E-state index contributed by atoms with van der Waals surface area (Å²) in [6, 6.07) is 8.48. The Morgan fingerprint density at radius 3 is 2.64 bits per heavy atom. The van der Waals surface area contributed by atoms with E-state index in [4.69, 9.17) is 0 Å². The van der Waals surface area contributed by atoms with E-state index < -0.39 is 0 Å². The van der Waals surface area contributed by atoms with Crippen LogP contribution in [0.5, 0.6) is 0 Å². The van der Waals surface area contributed by atoms with Crippen LogP contribution in [0.3, 0.4) is 0 Å². The molecule has 0 unspecified atom stereocenters. The molecule has 1 atom stereocenters. The molecule has 14 heavy (non-hydrogen) atoms. The molecule has 0 saturated heterocycles. The summed E-state index contributed by atoms with van der Waals surface area (Å²) in [5.41, 5.74) is 2.68. The average Bonchev–Trinajstić information content (AvgIpc) is 2.20. The fourth-order valence-corrected chi connectivity index (χ4v) is 2.05. The molecule has 1 aromatic carbocycles. The van der Waals surface area contributed by atoms with Crippen molar-refractivity contribution in [2.24, 2.45) is 0 Å². The van der Waals surface area contributed by atoms with Gasteiger partial charge in [-0.3, -0.25) is 4.90 Å². The number of fused-ring (bicyclic) bond motifs is 1. The highest BCUT2D eigenvalue weighted by molar-refractivity contribution is 5.31. The van der Waals surface area contributed by atoms with Crippen LogP contribution >= 0.6 is 0 Å². The molecule has 2 nitrogen and oxygen atoms in total. The molecule has 0 spiro atoms. The standard InChI is InChI=1S/C12H17NO/c1-12(9-14)7-10-5-3-4-6-11(10)8-13(12)2/h3-6,14H,7-9H2,1-2H3/t12-/m0/s1. The Morgan fingerprint density at radius 1 is 1.36 bits per heavy atom. The molecule has 2 rings (SSSR count). The monoisotopic (exact) mass is 191 g/mol. The molecule has 0 amide bonds. The first-order valence-corrected chi connectivity index (χ1v) is 5.04. The zero-order valence-electron chi connectivity index (χ0n) is 8.83. The second-order valence-corrected chi connectivity index (χ2v) is 4.46. The van der Waals surface area contributed by atoms with Crippen molar-refractivity contribution in [3.63, 3.8) is 0 Å². The van der Waals surface area contributed by atoms with Crippen LogP contribution in [0.25, 0.3) is 0 Å². The van der Waals surface area contributed by atoms with Crippen LogP contribution < -0.4 is 0 Å². The van der Waals surface area contributed by atoms with E-state index in [0.717, 1.165) is 13.0 Å². The molecule has 1 heterocycles. The summed E-state index contributed by atoms with van der Waals surface area (Å²) >= 11 is 0. The minimum absolute atomic E-state index is 0.0889. The van der Waals surface area contributed by atoms with Crippen LogP contribution in [0.4, 0.5) is 0 Å². The number of benzene rings is 1. The molecule has 1 aliphatic rings. The maximum atomic E-state index is 9.40. The lowest BCUT2D eigenvalue weighted by molar-refractivity contribution is 0.0488. The first-order chi connectivity index (χ1) is 6.65. The van der Waals surface area contributed by atoms with E-state index in [1.165, 1.54) is 11.1 Å². The summed E-state index contributed by atoms with van der Waals surface area (Å²) < 4.78 is 0. The lowest BCUT2D eigenvalue weighted by atomic mass is 9.85. The number of likely N-dealkylation sites (N-methyl/N-ethyl adjacent to an activating group) is 1. The molecule has 1 aromatic rings. The van der Waals surface area contributed by atoms with E-state index in [1.54, 1.807) is 0 Å². The fraction of sp³-hybridized carbons (Fsp3) is 0.500. The van der Waals surface area contributed by atoms with E-state index in [1.807, 2.05) is 0 Å². The number of hydrogen-bond acceptors (Lipinski definition) is 2. The largest absolute Gasteiger partial charge is 0.394 e. The second-order valence-electron chi connectivity index (χ2n) is 4.46. The minimum atomic E-state index is -0.0889. The van der Waals surface area contributed by atoms with E-state index in [0.29, 0.717) is 0 Å². The van der Waals surface area contributed by atoms with Crippen molar-refractivity contribution in [3.8, 4) is 0 Å². The Labute approximate surface area is 85.2 Å². The average molecular weight is 191 g/mol. The molecule has 2 heteroatoms. The van der Waals surface area contributed by atoms with Crippen LogP contribution in [-0.4, -0.2) is 29.2 Å². The molecule has 0 bridgehead atoms. The van der Waals surface area contributed by atoms with Gasteiger partial charge in [-0.1, -0.05) is 24.3 Å².